The third kappa shape index (κ3) is 2.97. The van der Waals surface area contributed by atoms with E-state index >= 15 is 0 Å². The zero-order chi connectivity index (χ0) is 18.0. The fourth-order valence-corrected chi connectivity index (χ4v) is 3.39. The lowest BCUT2D eigenvalue weighted by Gasteiger charge is -2.34. The van der Waals surface area contributed by atoms with E-state index in [1.54, 1.807) is 19.2 Å². The van der Waals surface area contributed by atoms with Crippen LogP contribution in [0.2, 0.25) is 0 Å². The van der Waals surface area contributed by atoms with Crippen LogP contribution in [0.1, 0.15) is 24.3 Å². The van der Waals surface area contributed by atoms with Crippen molar-refractivity contribution < 1.29 is 18.4 Å². The van der Waals surface area contributed by atoms with Crippen molar-refractivity contribution in [3.8, 4) is 17.1 Å². The van der Waals surface area contributed by atoms with Gasteiger partial charge in [-0.1, -0.05) is 17.3 Å². The molecule has 26 heavy (non-hydrogen) atoms. The highest BCUT2D eigenvalue weighted by Gasteiger charge is 2.41. The van der Waals surface area contributed by atoms with Crippen LogP contribution in [-0.2, 0) is 10.2 Å². The smallest absolute Gasteiger partial charge is 0.237 e. The first kappa shape index (κ1) is 16.7. The standard InChI is InChI=1S/C20H19FN2O3/c1-24-17-8-2-14(3-9-17)18-22-19(26-23-18)20(10-12-25-13-11-20)15-4-6-16(21)7-5-15/h2-9H,10-13H2,1H3. The van der Waals surface area contributed by atoms with E-state index in [1.165, 1.54) is 12.1 Å². The van der Waals surface area contributed by atoms with E-state index in [0.29, 0.717) is 37.8 Å². The SMILES string of the molecule is COc1ccc(-c2noc(C3(c4ccc(F)cc4)CCOCC3)n2)cc1. The van der Waals surface area contributed by atoms with E-state index < -0.39 is 5.41 Å². The summed E-state index contributed by atoms with van der Waals surface area (Å²) in [5.41, 5.74) is 1.36. The fourth-order valence-electron chi connectivity index (χ4n) is 3.39. The largest absolute Gasteiger partial charge is 0.497 e. The molecule has 1 fully saturated rings. The lowest BCUT2D eigenvalue weighted by Crippen LogP contribution is -2.35. The molecule has 5 nitrogen and oxygen atoms in total. The fraction of sp³-hybridized carbons (Fsp3) is 0.300. The van der Waals surface area contributed by atoms with Gasteiger partial charge in [0.1, 0.15) is 11.6 Å². The third-order valence-corrected chi connectivity index (χ3v) is 4.93. The highest BCUT2D eigenvalue weighted by molar-refractivity contribution is 5.56. The van der Waals surface area contributed by atoms with Gasteiger partial charge in [0, 0.05) is 18.8 Å². The summed E-state index contributed by atoms with van der Waals surface area (Å²) in [6.45, 7) is 1.19. The molecule has 3 aromatic rings. The first-order valence-electron chi connectivity index (χ1n) is 8.54. The number of methoxy groups -OCH3 is 1. The van der Waals surface area contributed by atoms with Gasteiger partial charge in [-0.05, 0) is 54.8 Å². The summed E-state index contributed by atoms with van der Waals surface area (Å²) in [6, 6.07) is 14.0. The third-order valence-electron chi connectivity index (χ3n) is 4.93. The van der Waals surface area contributed by atoms with E-state index in [-0.39, 0.29) is 5.82 Å². The van der Waals surface area contributed by atoms with Gasteiger partial charge < -0.3 is 14.0 Å². The van der Waals surface area contributed by atoms with Crippen molar-refractivity contribution in [3.05, 3.63) is 65.8 Å². The van der Waals surface area contributed by atoms with Crippen LogP contribution >= 0.6 is 0 Å². The molecule has 0 bridgehead atoms. The molecule has 4 rings (SSSR count). The van der Waals surface area contributed by atoms with Crippen molar-refractivity contribution in [2.24, 2.45) is 0 Å². The lowest BCUT2D eigenvalue weighted by molar-refractivity contribution is 0.0523. The number of halogens is 1. The molecule has 0 atom stereocenters. The molecule has 1 aromatic heterocycles. The summed E-state index contributed by atoms with van der Waals surface area (Å²) in [5.74, 6) is 1.57. The summed E-state index contributed by atoms with van der Waals surface area (Å²) in [4.78, 5) is 4.66. The molecule has 0 aliphatic carbocycles. The Kier molecular flexibility index (Phi) is 4.42. The monoisotopic (exact) mass is 354 g/mol. The zero-order valence-corrected chi connectivity index (χ0v) is 14.4. The Morgan fingerprint density at radius 1 is 1.00 bits per heavy atom. The van der Waals surface area contributed by atoms with Crippen molar-refractivity contribution >= 4 is 0 Å². The Hall–Kier alpha value is -2.73. The molecule has 1 aliphatic rings. The molecule has 0 amide bonds. The van der Waals surface area contributed by atoms with Crippen molar-refractivity contribution in [1.82, 2.24) is 10.1 Å². The number of aromatic nitrogens is 2. The Labute approximate surface area is 150 Å². The van der Waals surface area contributed by atoms with Crippen molar-refractivity contribution in [2.75, 3.05) is 20.3 Å². The summed E-state index contributed by atoms with van der Waals surface area (Å²) >= 11 is 0. The number of ether oxygens (including phenoxy) is 2. The second-order valence-electron chi connectivity index (χ2n) is 6.35. The van der Waals surface area contributed by atoms with E-state index in [0.717, 1.165) is 16.9 Å². The van der Waals surface area contributed by atoms with Gasteiger partial charge in [0.25, 0.3) is 0 Å². The van der Waals surface area contributed by atoms with Crippen LogP contribution in [-0.4, -0.2) is 30.5 Å². The van der Waals surface area contributed by atoms with Crippen molar-refractivity contribution in [2.45, 2.75) is 18.3 Å². The van der Waals surface area contributed by atoms with Crippen LogP contribution < -0.4 is 4.74 Å². The van der Waals surface area contributed by atoms with Crippen molar-refractivity contribution in [1.29, 1.82) is 0 Å². The molecule has 1 saturated heterocycles. The van der Waals surface area contributed by atoms with Gasteiger partial charge in [0.15, 0.2) is 0 Å². The molecule has 6 heteroatoms. The molecule has 0 N–H and O–H groups in total. The number of benzene rings is 2. The van der Waals surface area contributed by atoms with Gasteiger partial charge in [0.2, 0.25) is 11.7 Å². The second-order valence-corrected chi connectivity index (χ2v) is 6.35. The quantitative estimate of drug-likeness (QED) is 0.709. The molecule has 0 radical (unpaired) electrons. The highest BCUT2D eigenvalue weighted by atomic mass is 19.1. The average Bonchev–Trinajstić information content (AvgIpc) is 3.20. The van der Waals surface area contributed by atoms with Gasteiger partial charge in [-0.25, -0.2) is 4.39 Å². The molecule has 1 aliphatic heterocycles. The molecule has 2 aromatic carbocycles. The van der Waals surface area contributed by atoms with E-state index in [1.807, 2.05) is 24.3 Å². The van der Waals surface area contributed by atoms with Gasteiger partial charge in [-0.3, -0.25) is 0 Å². The second kappa shape index (κ2) is 6.88. The average molecular weight is 354 g/mol. The maximum Gasteiger partial charge on any atom is 0.237 e. The number of hydrogen-bond donors (Lipinski definition) is 0. The molecular weight excluding hydrogens is 335 g/mol. The van der Waals surface area contributed by atoms with E-state index in [4.69, 9.17) is 14.0 Å². The Balaban J connectivity index is 1.72. The van der Waals surface area contributed by atoms with Crippen LogP contribution in [0.15, 0.2) is 53.1 Å². The van der Waals surface area contributed by atoms with Gasteiger partial charge >= 0.3 is 0 Å². The maximum atomic E-state index is 13.4. The van der Waals surface area contributed by atoms with Crippen LogP contribution in [0.5, 0.6) is 5.75 Å². The maximum absolute atomic E-state index is 13.4. The molecule has 2 heterocycles. The molecule has 0 spiro atoms. The number of rotatable bonds is 4. The Morgan fingerprint density at radius 3 is 2.35 bits per heavy atom. The minimum atomic E-state index is -0.455. The lowest BCUT2D eigenvalue weighted by atomic mass is 9.74. The minimum Gasteiger partial charge on any atom is -0.497 e. The summed E-state index contributed by atoms with van der Waals surface area (Å²) in [6.07, 6.45) is 1.42. The summed E-state index contributed by atoms with van der Waals surface area (Å²) in [5, 5.41) is 4.16. The summed E-state index contributed by atoms with van der Waals surface area (Å²) in [7, 11) is 1.62. The van der Waals surface area contributed by atoms with Crippen molar-refractivity contribution in [3.63, 3.8) is 0 Å². The van der Waals surface area contributed by atoms with Crippen LogP contribution in [0, 0.1) is 5.82 Å². The molecule has 0 unspecified atom stereocenters. The van der Waals surface area contributed by atoms with E-state index in [9.17, 15) is 4.39 Å². The van der Waals surface area contributed by atoms with Gasteiger partial charge in [-0.2, -0.15) is 4.98 Å². The van der Waals surface area contributed by atoms with Gasteiger partial charge in [0.05, 0.1) is 12.5 Å². The molecule has 0 saturated carbocycles. The normalized spacial score (nSPS) is 16.4. The summed E-state index contributed by atoms with van der Waals surface area (Å²) < 4.78 is 29.8. The highest BCUT2D eigenvalue weighted by Crippen LogP contribution is 2.41. The van der Waals surface area contributed by atoms with E-state index in [2.05, 4.69) is 10.1 Å². The van der Waals surface area contributed by atoms with Crippen LogP contribution in [0.4, 0.5) is 4.39 Å². The predicted molar refractivity (Wildman–Crippen MR) is 93.5 cm³/mol. The number of hydrogen-bond acceptors (Lipinski definition) is 5. The zero-order valence-electron chi connectivity index (χ0n) is 14.4. The van der Waals surface area contributed by atoms with Crippen LogP contribution in [0.25, 0.3) is 11.4 Å². The Bertz CT molecular complexity index is 869. The van der Waals surface area contributed by atoms with Gasteiger partial charge in [-0.15, -0.1) is 0 Å². The molecular formula is C20H19FN2O3. The first-order chi connectivity index (χ1) is 12.7. The minimum absolute atomic E-state index is 0.264. The predicted octanol–water partition coefficient (Wildman–Crippen LogP) is 3.98. The number of nitrogens with zero attached hydrogens (tertiary/aromatic N) is 2. The first-order valence-corrected chi connectivity index (χ1v) is 8.54. The molecule has 134 valence electrons. The topological polar surface area (TPSA) is 57.4 Å². The Morgan fingerprint density at radius 2 is 1.69 bits per heavy atom. The van der Waals surface area contributed by atoms with Crippen LogP contribution in [0.3, 0.4) is 0 Å².